The largest absolute Gasteiger partial charge is 0.435 e. The van der Waals surface area contributed by atoms with Gasteiger partial charge >= 0.3 is 6.18 Å². The fourth-order valence-electron chi connectivity index (χ4n) is 3.29. The third kappa shape index (κ3) is 3.26. The van der Waals surface area contributed by atoms with Gasteiger partial charge in [0.15, 0.2) is 10.7 Å². The monoisotopic (exact) mass is 417 g/mol. The molecule has 27 heavy (non-hydrogen) atoms. The van der Waals surface area contributed by atoms with Crippen molar-refractivity contribution in [2.75, 3.05) is 6.54 Å². The van der Waals surface area contributed by atoms with Crippen molar-refractivity contribution >= 4 is 27.9 Å². The van der Waals surface area contributed by atoms with E-state index in [0.29, 0.717) is 23.1 Å². The van der Waals surface area contributed by atoms with E-state index in [2.05, 4.69) is 10.1 Å². The maximum Gasteiger partial charge on any atom is 0.435 e. The summed E-state index contributed by atoms with van der Waals surface area (Å²) in [6.45, 7) is 2.38. The number of nitrogens with zero attached hydrogens (tertiary/aromatic N) is 4. The minimum absolute atomic E-state index is 0.123. The molecule has 2 N–H and O–H groups in total. The first-order valence-electron chi connectivity index (χ1n) is 8.21. The molecule has 6 nitrogen and oxygen atoms in total. The topological polar surface area (TPSA) is 78.2 Å². The quantitative estimate of drug-likeness (QED) is 0.707. The Labute approximate surface area is 160 Å². The van der Waals surface area contributed by atoms with E-state index in [4.69, 9.17) is 17.3 Å². The number of aromatic nitrogens is 4. The van der Waals surface area contributed by atoms with Crippen LogP contribution in [0.2, 0.25) is 5.15 Å². The Morgan fingerprint density at radius 1 is 1.41 bits per heavy atom. The lowest BCUT2D eigenvalue weighted by Crippen LogP contribution is -2.18. The molecule has 0 saturated heterocycles. The lowest BCUT2D eigenvalue weighted by molar-refractivity contribution is -0.141. The minimum atomic E-state index is -4.59. The fourth-order valence-corrected chi connectivity index (χ4v) is 4.56. The Hall–Kier alpha value is -1.91. The van der Waals surface area contributed by atoms with Crippen LogP contribution in [0.25, 0.3) is 4.96 Å². The van der Waals surface area contributed by atoms with Crippen LogP contribution in [0.3, 0.4) is 0 Å². The molecule has 0 spiro atoms. The molecule has 0 aromatic carbocycles. The van der Waals surface area contributed by atoms with Crippen molar-refractivity contribution in [3.63, 3.8) is 0 Å². The normalized spacial score (nSPS) is 19.8. The summed E-state index contributed by atoms with van der Waals surface area (Å²) >= 11 is 7.23. The second-order valence-electron chi connectivity index (χ2n) is 6.59. The van der Waals surface area contributed by atoms with Crippen LogP contribution in [-0.2, 0) is 12.7 Å². The number of rotatable bonds is 4. The highest BCUT2D eigenvalue weighted by Crippen LogP contribution is 2.48. The highest BCUT2D eigenvalue weighted by atomic mass is 35.5. The van der Waals surface area contributed by atoms with Gasteiger partial charge in [0.05, 0.1) is 12.2 Å². The Balaban J connectivity index is 1.71. The minimum Gasteiger partial charge on any atom is -0.330 e. The summed E-state index contributed by atoms with van der Waals surface area (Å²) in [5, 5.41) is 3.30. The van der Waals surface area contributed by atoms with E-state index >= 15 is 0 Å². The van der Waals surface area contributed by atoms with Gasteiger partial charge in [-0.1, -0.05) is 11.6 Å². The first-order chi connectivity index (χ1) is 12.7. The van der Waals surface area contributed by atoms with Gasteiger partial charge in [-0.05, 0) is 25.8 Å². The number of nitrogens with two attached hydrogens (primary N) is 1. The van der Waals surface area contributed by atoms with Gasteiger partial charge in [-0.2, -0.15) is 18.3 Å². The van der Waals surface area contributed by atoms with Crippen LogP contribution in [0.15, 0.2) is 16.9 Å². The predicted molar refractivity (Wildman–Crippen MR) is 95.3 cm³/mol. The van der Waals surface area contributed by atoms with E-state index in [1.54, 1.807) is 4.40 Å². The maximum atomic E-state index is 12.8. The zero-order valence-electron chi connectivity index (χ0n) is 14.1. The number of alkyl halides is 3. The van der Waals surface area contributed by atoms with E-state index in [0.717, 1.165) is 27.7 Å². The molecule has 0 radical (unpaired) electrons. The molecule has 144 valence electrons. The van der Waals surface area contributed by atoms with Gasteiger partial charge in [-0.3, -0.25) is 9.20 Å². The average molecular weight is 418 g/mol. The van der Waals surface area contributed by atoms with Gasteiger partial charge in [0.1, 0.15) is 5.15 Å². The van der Waals surface area contributed by atoms with E-state index in [1.165, 1.54) is 17.4 Å². The van der Waals surface area contributed by atoms with E-state index in [-0.39, 0.29) is 23.2 Å². The van der Waals surface area contributed by atoms with E-state index < -0.39 is 11.9 Å². The van der Waals surface area contributed by atoms with Crippen molar-refractivity contribution in [1.82, 2.24) is 19.2 Å². The summed E-state index contributed by atoms with van der Waals surface area (Å²) in [6, 6.07) is 2.06. The van der Waals surface area contributed by atoms with Crippen molar-refractivity contribution in [2.45, 2.75) is 32.0 Å². The summed E-state index contributed by atoms with van der Waals surface area (Å²) in [4.78, 5) is 18.6. The van der Waals surface area contributed by atoms with Crippen LogP contribution in [0.1, 0.15) is 34.3 Å². The van der Waals surface area contributed by atoms with Crippen molar-refractivity contribution in [3.05, 3.63) is 49.6 Å². The zero-order chi connectivity index (χ0) is 19.5. The van der Waals surface area contributed by atoms with Crippen LogP contribution < -0.4 is 11.3 Å². The second-order valence-corrected chi connectivity index (χ2v) is 8.16. The van der Waals surface area contributed by atoms with Gasteiger partial charge in [0.2, 0.25) is 0 Å². The molecule has 0 bridgehead atoms. The molecule has 0 amide bonds. The third-order valence-electron chi connectivity index (χ3n) is 4.70. The van der Waals surface area contributed by atoms with Crippen molar-refractivity contribution in [1.29, 1.82) is 0 Å². The molecule has 2 unspecified atom stereocenters. The summed E-state index contributed by atoms with van der Waals surface area (Å²) in [5.74, 6) is 0.626. The molecule has 2 atom stereocenters. The number of hydrogen-bond donors (Lipinski definition) is 1. The van der Waals surface area contributed by atoms with Crippen molar-refractivity contribution in [2.24, 2.45) is 11.7 Å². The van der Waals surface area contributed by atoms with Gasteiger partial charge < -0.3 is 5.73 Å². The van der Waals surface area contributed by atoms with Crippen LogP contribution in [-0.4, -0.2) is 25.7 Å². The predicted octanol–water partition coefficient (Wildman–Crippen LogP) is 3.04. The Bertz CT molecular complexity index is 1090. The summed E-state index contributed by atoms with van der Waals surface area (Å²) in [7, 11) is 0. The van der Waals surface area contributed by atoms with Gasteiger partial charge in [-0.25, -0.2) is 9.67 Å². The van der Waals surface area contributed by atoms with E-state index in [9.17, 15) is 18.0 Å². The van der Waals surface area contributed by atoms with Crippen molar-refractivity contribution in [3.8, 4) is 0 Å². The Morgan fingerprint density at radius 3 is 2.74 bits per heavy atom. The molecule has 11 heteroatoms. The molecule has 4 rings (SSSR count). The highest BCUT2D eigenvalue weighted by Gasteiger charge is 2.40. The van der Waals surface area contributed by atoms with Crippen LogP contribution in [0.4, 0.5) is 13.2 Å². The SMILES string of the molecule is Cc1sc2nc(Cn3nc(C(F)(F)F)cc3Cl)cc(=O)n2c1C1CC1CN. The summed E-state index contributed by atoms with van der Waals surface area (Å²) in [5.41, 5.74) is 5.61. The molecule has 3 heterocycles. The molecular weight excluding hydrogens is 403 g/mol. The van der Waals surface area contributed by atoms with Crippen LogP contribution in [0.5, 0.6) is 0 Å². The van der Waals surface area contributed by atoms with Crippen molar-refractivity contribution < 1.29 is 13.2 Å². The molecule has 1 saturated carbocycles. The number of halogens is 4. The van der Waals surface area contributed by atoms with Gasteiger partial charge in [-0.15, -0.1) is 11.3 Å². The molecule has 3 aromatic heterocycles. The second kappa shape index (κ2) is 6.32. The highest BCUT2D eigenvalue weighted by molar-refractivity contribution is 7.17. The summed E-state index contributed by atoms with van der Waals surface area (Å²) < 4.78 is 40.9. The molecule has 0 aliphatic heterocycles. The first-order valence-corrected chi connectivity index (χ1v) is 9.41. The number of hydrogen-bond acceptors (Lipinski definition) is 5. The summed E-state index contributed by atoms with van der Waals surface area (Å²) in [6.07, 6.45) is -3.64. The Morgan fingerprint density at radius 2 is 2.15 bits per heavy atom. The third-order valence-corrected chi connectivity index (χ3v) is 5.97. The smallest absolute Gasteiger partial charge is 0.330 e. The average Bonchev–Trinajstić information content (AvgIpc) is 3.13. The lowest BCUT2D eigenvalue weighted by atomic mass is 10.2. The maximum absolute atomic E-state index is 12.8. The van der Waals surface area contributed by atoms with Crippen LogP contribution in [0, 0.1) is 12.8 Å². The van der Waals surface area contributed by atoms with E-state index in [1.807, 2.05) is 6.92 Å². The van der Waals surface area contributed by atoms with Crippen LogP contribution >= 0.6 is 22.9 Å². The molecule has 1 aliphatic carbocycles. The van der Waals surface area contributed by atoms with Gasteiger partial charge in [0, 0.05) is 28.6 Å². The number of fused-ring (bicyclic) bond motifs is 1. The standard InChI is InChI=1S/C16H15ClF3N5OS/c1-7-14(10-2-8(10)5-21)25-13(26)3-9(22-15(25)27-7)6-24-12(17)4-11(23-24)16(18,19)20/h3-4,8,10H,2,5-6,21H2,1H3. The molecule has 1 fully saturated rings. The van der Waals surface area contributed by atoms with Gasteiger partial charge in [0.25, 0.3) is 5.56 Å². The zero-order valence-corrected chi connectivity index (χ0v) is 15.7. The number of aryl methyl sites for hydroxylation is 1. The molecule has 1 aliphatic rings. The first kappa shape index (κ1) is 18.5. The molecule has 3 aromatic rings. The number of thiazole rings is 1. The Kier molecular flexibility index (Phi) is 4.32. The molecular formula is C16H15ClF3N5OS. The lowest BCUT2D eigenvalue weighted by Gasteiger charge is -2.05. The fraction of sp³-hybridized carbons (Fsp3) is 0.438.